The van der Waals surface area contributed by atoms with Crippen LogP contribution in [0.2, 0.25) is 0 Å². The van der Waals surface area contributed by atoms with Crippen molar-refractivity contribution in [1.29, 1.82) is 0 Å². The lowest BCUT2D eigenvalue weighted by atomic mass is 9.86. The van der Waals surface area contributed by atoms with E-state index in [0.717, 1.165) is 37.3 Å². The molecule has 250 valence electrons. The van der Waals surface area contributed by atoms with E-state index in [1.165, 1.54) is 12.8 Å². The van der Waals surface area contributed by atoms with Gasteiger partial charge in [-0.15, -0.1) is 0 Å². The number of carbonyl (C=O) groups is 3. The third-order valence-corrected chi connectivity index (χ3v) is 9.02. The molecule has 0 bridgehead atoms. The number of piperidine rings is 1. The number of nitrogens with one attached hydrogen (secondary N) is 2. The summed E-state index contributed by atoms with van der Waals surface area (Å²) in [5.41, 5.74) is 0.708. The third-order valence-electron chi connectivity index (χ3n) is 9.02. The molecule has 0 unspecified atom stereocenters. The number of ether oxygens (including phenoxy) is 2. The molecule has 1 saturated heterocycles. The molecule has 1 aliphatic carbocycles. The molecule has 2 N–H and O–H groups in total. The van der Waals surface area contributed by atoms with Gasteiger partial charge in [0.25, 0.3) is 5.91 Å². The molecule has 0 aromatic heterocycles. The summed E-state index contributed by atoms with van der Waals surface area (Å²) in [6.45, 7) is 13.1. The maximum absolute atomic E-state index is 13.7. The van der Waals surface area contributed by atoms with Crippen LogP contribution in [0.25, 0.3) is 0 Å². The molecule has 1 aromatic rings. The Kier molecular flexibility index (Phi) is 12.1. The minimum absolute atomic E-state index is 0. The van der Waals surface area contributed by atoms with Crippen molar-refractivity contribution in [3.63, 3.8) is 0 Å². The number of rotatable bonds is 17. The molecule has 44 heavy (non-hydrogen) atoms. The lowest BCUT2D eigenvalue weighted by molar-refractivity contribution is -0.132. The van der Waals surface area contributed by atoms with Crippen LogP contribution in [0.3, 0.4) is 0 Å². The number of methoxy groups -OCH3 is 1. The van der Waals surface area contributed by atoms with Crippen LogP contribution in [-0.4, -0.2) is 101 Å². The number of benzene rings is 1. The summed E-state index contributed by atoms with van der Waals surface area (Å²) < 4.78 is 11.3. The number of anilines is 2. The van der Waals surface area contributed by atoms with Crippen LogP contribution in [0.15, 0.2) is 18.2 Å². The largest absolute Gasteiger partial charge is 0.476 e. The van der Waals surface area contributed by atoms with E-state index in [1.807, 2.05) is 18.2 Å². The average Bonchev–Trinajstić information content (AvgIpc) is 3.83. The minimum atomic E-state index is -0.950. The molecule has 2 atom stereocenters. The Balaban J connectivity index is 0.00000368. The summed E-state index contributed by atoms with van der Waals surface area (Å²) in [5, 5.41) is 6.45. The van der Waals surface area contributed by atoms with Crippen molar-refractivity contribution >= 4 is 29.0 Å². The molecule has 0 spiro atoms. The zero-order valence-electron chi connectivity index (χ0n) is 27.8. The molecular formula is C34H59N5O5. The quantitative estimate of drug-likeness (QED) is 0.253. The van der Waals surface area contributed by atoms with Gasteiger partial charge in [0, 0.05) is 66.9 Å². The van der Waals surface area contributed by atoms with Gasteiger partial charge >= 0.3 is 0 Å². The molecule has 2 heterocycles. The molecule has 10 nitrogen and oxygen atoms in total. The van der Waals surface area contributed by atoms with Gasteiger partial charge < -0.3 is 34.8 Å². The fourth-order valence-corrected chi connectivity index (χ4v) is 6.22. The van der Waals surface area contributed by atoms with Crippen LogP contribution < -0.4 is 25.2 Å². The Morgan fingerprint density at radius 1 is 1.18 bits per heavy atom. The zero-order valence-corrected chi connectivity index (χ0v) is 27.8. The van der Waals surface area contributed by atoms with Crippen LogP contribution in [0.5, 0.6) is 5.75 Å². The van der Waals surface area contributed by atoms with Gasteiger partial charge in [-0.3, -0.25) is 14.4 Å². The molecule has 1 saturated carbocycles. The lowest BCUT2D eigenvalue weighted by Crippen LogP contribution is -2.53. The van der Waals surface area contributed by atoms with Crippen LogP contribution in [-0.2, 0) is 19.1 Å². The third kappa shape index (κ3) is 9.17. The van der Waals surface area contributed by atoms with Crippen LogP contribution in [0, 0.1) is 17.8 Å². The second-order valence-electron chi connectivity index (χ2n) is 13.8. The molecule has 2 fully saturated rings. The minimum Gasteiger partial charge on any atom is -0.476 e. The first-order chi connectivity index (χ1) is 21.0. The van der Waals surface area contributed by atoms with E-state index >= 15 is 0 Å². The van der Waals surface area contributed by atoms with E-state index in [9.17, 15) is 14.4 Å². The summed E-state index contributed by atoms with van der Waals surface area (Å²) in [6, 6.07) is 6.21. The maximum atomic E-state index is 13.7. The number of fused-ring (bicyclic) bond motifs is 1. The monoisotopic (exact) mass is 617 g/mol. The number of nitrogens with zero attached hydrogens (tertiary/aromatic N) is 3. The Morgan fingerprint density at radius 2 is 1.93 bits per heavy atom. The summed E-state index contributed by atoms with van der Waals surface area (Å²) in [6.07, 6.45) is 5.72. The number of hydrogen-bond acceptors (Lipinski definition) is 8. The van der Waals surface area contributed by atoms with Crippen molar-refractivity contribution in [2.75, 3.05) is 76.4 Å². The fourth-order valence-electron chi connectivity index (χ4n) is 6.22. The number of carbonyl (C=O) groups excluding carboxylic acids is 3. The predicted molar refractivity (Wildman–Crippen MR) is 179 cm³/mol. The highest BCUT2D eigenvalue weighted by Gasteiger charge is 2.42. The number of amides is 2. The van der Waals surface area contributed by atoms with Gasteiger partial charge in [-0.2, -0.15) is 0 Å². The number of ketones is 1. The highest BCUT2D eigenvalue weighted by atomic mass is 16.5. The molecule has 10 heteroatoms. The van der Waals surface area contributed by atoms with E-state index < -0.39 is 5.60 Å². The van der Waals surface area contributed by atoms with Gasteiger partial charge in [-0.25, -0.2) is 0 Å². The van der Waals surface area contributed by atoms with Crippen molar-refractivity contribution in [3.8, 4) is 5.75 Å². The van der Waals surface area contributed by atoms with E-state index in [-0.39, 0.29) is 38.8 Å². The van der Waals surface area contributed by atoms with E-state index in [2.05, 4.69) is 41.3 Å². The first-order valence-electron chi connectivity index (χ1n) is 16.6. The molecule has 1 aromatic carbocycles. The standard InChI is InChI=1S/C34H55N5O5.2H2/c1-24(2)9-7-15-37(5)17-14-36-32(41)26-19-25(21-35-22-26)30(40)23-39(27-10-11-27)28-12-13-31-29(20-28)38(16-8-18-43-6)33(42)34(3,4)44-31;;/h12-13,20,24-27,35H,7-11,14-19,21-23H2,1-6H3,(H,36,41);2*1H/t25-,26+;;/m1../s1. The second kappa shape index (κ2) is 15.5. The number of Topliss-reactive ketones (excluding diaryl/α,β-unsaturated/α-hetero) is 1. The van der Waals surface area contributed by atoms with Crippen molar-refractivity contribution in [2.45, 2.75) is 77.9 Å². The zero-order chi connectivity index (χ0) is 31.9. The van der Waals surface area contributed by atoms with Gasteiger partial charge in [0.1, 0.15) is 5.75 Å². The lowest BCUT2D eigenvalue weighted by Gasteiger charge is -2.39. The SMILES string of the molecule is COCCCN1C(=O)C(C)(C)Oc2ccc(N(CC(=O)[C@H]3CNC[C@@H](C(=O)NCCN(C)CCCC(C)C)C3)C3CC3)cc21.[HH].[HH]. The molecule has 4 rings (SSSR count). The van der Waals surface area contributed by atoms with Crippen LogP contribution >= 0.6 is 0 Å². The highest BCUT2D eigenvalue weighted by Crippen LogP contribution is 2.42. The summed E-state index contributed by atoms with van der Waals surface area (Å²) in [4.78, 5) is 46.2. The molecule has 3 aliphatic rings. The summed E-state index contributed by atoms with van der Waals surface area (Å²) in [7, 11) is 3.76. The second-order valence-corrected chi connectivity index (χ2v) is 13.8. The topological polar surface area (TPSA) is 103 Å². The van der Waals surface area contributed by atoms with Gasteiger partial charge in [0.05, 0.1) is 18.2 Å². The van der Waals surface area contributed by atoms with Crippen LogP contribution in [0.4, 0.5) is 11.4 Å². The Bertz CT molecular complexity index is 1150. The number of likely N-dealkylation sites (N-methyl/N-ethyl adjacent to an activating group) is 1. The Hall–Kier alpha value is -2.69. The van der Waals surface area contributed by atoms with Gasteiger partial charge in [-0.1, -0.05) is 13.8 Å². The molecule has 0 radical (unpaired) electrons. The maximum Gasteiger partial charge on any atom is 0.270 e. The van der Waals surface area contributed by atoms with E-state index in [4.69, 9.17) is 9.47 Å². The highest BCUT2D eigenvalue weighted by molar-refractivity contribution is 6.03. The number of hydrogen-bond donors (Lipinski definition) is 2. The Morgan fingerprint density at radius 3 is 2.64 bits per heavy atom. The van der Waals surface area contributed by atoms with Gasteiger partial charge in [0.2, 0.25) is 5.91 Å². The molecule has 2 aliphatic heterocycles. The first kappa shape index (κ1) is 34.2. The van der Waals surface area contributed by atoms with Gasteiger partial charge in [0.15, 0.2) is 11.4 Å². The van der Waals surface area contributed by atoms with Crippen molar-refractivity contribution < 1.29 is 26.7 Å². The smallest absolute Gasteiger partial charge is 0.270 e. The van der Waals surface area contributed by atoms with Crippen LogP contribution in [0.1, 0.15) is 69.1 Å². The average molecular weight is 618 g/mol. The van der Waals surface area contributed by atoms with Crippen molar-refractivity contribution in [1.82, 2.24) is 15.5 Å². The fraction of sp³-hybridized carbons (Fsp3) is 0.735. The normalized spacial score (nSPS) is 21.3. The van der Waals surface area contributed by atoms with Gasteiger partial charge in [-0.05, 0) is 90.1 Å². The van der Waals surface area contributed by atoms with E-state index in [1.54, 1.807) is 25.9 Å². The summed E-state index contributed by atoms with van der Waals surface area (Å²) in [5.74, 6) is 1.05. The van der Waals surface area contributed by atoms with Crippen molar-refractivity contribution in [2.24, 2.45) is 17.8 Å². The Labute approximate surface area is 267 Å². The molecule has 2 amide bonds. The predicted octanol–water partition coefficient (Wildman–Crippen LogP) is 3.97. The molecular weight excluding hydrogens is 558 g/mol. The van der Waals surface area contributed by atoms with E-state index in [0.29, 0.717) is 63.3 Å². The first-order valence-corrected chi connectivity index (χ1v) is 16.6. The summed E-state index contributed by atoms with van der Waals surface area (Å²) >= 11 is 0. The van der Waals surface area contributed by atoms with Crippen molar-refractivity contribution in [3.05, 3.63) is 18.2 Å².